The van der Waals surface area contributed by atoms with Crippen molar-refractivity contribution < 1.29 is 5.11 Å². The van der Waals surface area contributed by atoms with Gasteiger partial charge in [0.2, 0.25) is 0 Å². The highest BCUT2D eigenvalue weighted by molar-refractivity contribution is 4.93. The number of nitrogens with one attached hydrogen (secondary N) is 1. The van der Waals surface area contributed by atoms with Crippen LogP contribution in [0.4, 0.5) is 0 Å². The molecule has 1 aliphatic heterocycles. The number of aliphatic hydroxyl groups is 1. The topological polar surface area (TPSA) is 35.5 Å². The van der Waals surface area contributed by atoms with Gasteiger partial charge >= 0.3 is 0 Å². The summed E-state index contributed by atoms with van der Waals surface area (Å²) in [5.74, 6) is 0. The molecule has 20 heavy (non-hydrogen) atoms. The molecular formula is C17H34N2O. The molecule has 0 aliphatic carbocycles. The highest BCUT2D eigenvalue weighted by atomic mass is 16.3. The van der Waals surface area contributed by atoms with Crippen molar-refractivity contribution in [2.45, 2.75) is 83.9 Å². The summed E-state index contributed by atoms with van der Waals surface area (Å²) < 4.78 is 0. The van der Waals surface area contributed by atoms with Gasteiger partial charge in [0.15, 0.2) is 0 Å². The first-order chi connectivity index (χ1) is 9.77. The van der Waals surface area contributed by atoms with Gasteiger partial charge in [0.25, 0.3) is 0 Å². The van der Waals surface area contributed by atoms with E-state index >= 15 is 0 Å². The van der Waals surface area contributed by atoms with E-state index in [0.29, 0.717) is 6.17 Å². The smallest absolute Gasteiger partial charge is 0.0793 e. The number of nitrogens with zero attached hydrogens (tertiary/aromatic N) is 1. The third-order valence-corrected chi connectivity index (χ3v) is 4.20. The lowest BCUT2D eigenvalue weighted by Crippen LogP contribution is -2.46. The van der Waals surface area contributed by atoms with Crippen molar-refractivity contribution in [3.8, 4) is 0 Å². The second-order valence-electron chi connectivity index (χ2n) is 5.93. The molecule has 0 amide bonds. The maximum absolute atomic E-state index is 10.1. The number of hydrogen-bond acceptors (Lipinski definition) is 3. The van der Waals surface area contributed by atoms with Crippen LogP contribution in [-0.2, 0) is 0 Å². The van der Waals surface area contributed by atoms with Crippen molar-refractivity contribution in [3.05, 3.63) is 12.3 Å². The first-order valence-electron chi connectivity index (χ1n) is 8.61. The molecule has 0 aromatic rings. The fourth-order valence-electron chi connectivity index (χ4n) is 2.86. The van der Waals surface area contributed by atoms with Crippen LogP contribution in [0.15, 0.2) is 12.3 Å². The van der Waals surface area contributed by atoms with Crippen molar-refractivity contribution in [3.63, 3.8) is 0 Å². The molecule has 0 radical (unpaired) electrons. The highest BCUT2D eigenvalue weighted by Crippen LogP contribution is 2.14. The summed E-state index contributed by atoms with van der Waals surface area (Å²) in [5, 5.41) is 13.6. The molecule has 2 atom stereocenters. The maximum Gasteiger partial charge on any atom is 0.0793 e. The van der Waals surface area contributed by atoms with Gasteiger partial charge < -0.3 is 10.0 Å². The molecule has 0 aromatic heterocycles. The average molecular weight is 282 g/mol. The summed E-state index contributed by atoms with van der Waals surface area (Å²) in [4.78, 5) is 2.32. The number of aliphatic hydroxyl groups excluding tert-OH is 1. The van der Waals surface area contributed by atoms with Crippen LogP contribution < -0.4 is 5.32 Å². The summed E-state index contributed by atoms with van der Waals surface area (Å²) in [5.41, 5.74) is 0. The Morgan fingerprint density at radius 1 is 1.15 bits per heavy atom. The lowest BCUT2D eigenvalue weighted by Gasteiger charge is -2.33. The Labute approximate surface area is 125 Å². The summed E-state index contributed by atoms with van der Waals surface area (Å²) in [7, 11) is 0. The molecule has 2 unspecified atom stereocenters. The fourth-order valence-corrected chi connectivity index (χ4v) is 2.86. The van der Waals surface area contributed by atoms with E-state index < -0.39 is 0 Å². The molecule has 1 rings (SSSR count). The van der Waals surface area contributed by atoms with Crippen LogP contribution in [0.3, 0.4) is 0 Å². The molecule has 0 bridgehead atoms. The van der Waals surface area contributed by atoms with E-state index in [9.17, 15) is 5.11 Å². The van der Waals surface area contributed by atoms with Gasteiger partial charge in [-0.3, -0.25) is 5.32 Å². The highest BCUT2D eigenvalue weighted by Gasteiger charge is 2.17. The lowest BCUT2D eigenvalue weighted by molar-refractivity contribution is 0.126. The molecule has 0 aromatic carbocycles. The van der Waals surface area contributed by atoms with Crippen molar-refractivity contribution in [2.75, 3.05) is 13.1 Å². The van der Waals surface area contributed by atoms with Crippen LogP contribution in [0.25, 0.3) is 0 Å². The average Bonchev–Trinajstić information content (AvgIpc) is 2.49. The minimum atomic E-state index is -0.118. The minimum Gasteiger partial charge on any atom is -0.393 e. The van der Waals surface area contributed by atoms with E-state index in [0.717, 1.165) is 32.4 Å². The fraction of sp³-hybridized carbons (Fsp3) is 0.882. The Morgan fingerprint density at radius 2 is 1.90 bits per heavy atom. The quantitative estimate of drug-likeness (QED) is 0.568. The minimum absolute atomic E-state index is 0.118. The zero-order valence-electron chi connectivity index (χ0n) is 13.5. The lowest BCUT2D eigenvalue weighted by atomic mass is 10.0. The van der Waals surface area contributed by atoms with Gasteiger partial charge in [0, 0.05) is 13.1 Å². The molecule has 3 nitrogen and oxygen atoms in total. The second-order valence-corrected chi connectivity index (χ2v) is 5.93. The van der Waals surface area contributed by atoms with E-state index in [1.54, 1.807) is 0 Å². The van der Waals surface area contributed by atoms with E-state index in [1.807, 2.05) is 0 Å². The Bertz CT molecular complexity index is 255. The number of hydrogen-bond donors (Lipinski definition) is 2. The molecule has 0 saturated heterocycles. The van der Waals surface area contributed by atoms with Crippen molar-refractivity contribution in [2.24, 2.45) is 0 Å². The monoisotopic (exact) mass is 282 g/mol. The predicted molar refractivity (Wildman–Crippen MR) is 86.5 cm³/mol. The molecular weight excluding hydrogens is 248 g/mol. The van der Waals surface area contributed by atoms with Crippen molar-refractivity contribution >= 4 is 0 Å². The Balaban J connectivity index is 2.04. The molecule has 2 N–H and O–H groups in total. The third kappa shape index (κ3) is 7.30. The standard InChI is InChI=1S/C17H34N2O/c1-3-5-6-7-8-9-11-16(20)12-13-17-18-14-10-15-19(17)4-2/h10,15-18,20H,3-9,11-14H2,1-2H3. The van der Waals surface area contributed by atoms with Crippen LogP contribution in [0.1, 0.15) is 71.6 Å². The maximum atomic E-state index is 10.1. The van der Waals surface area contributed by atoms with Gasteiger partial charge in [0.1, 0.15) is 0 Å². The van der Waals surface area contributed by atoms with Crippen molar-refractivity contribution in [1.29, 1.82) is 0 Å². The van der Waals surface area contributed by atoms with Gasteiger partial charge in [-0.25, -0.2) is 0 Å². The van der Waals surface area contributed by atoms with Crippen LogP contribution in [0.2, 0.25) is 0 Å². The molecule has 0 saturated carbocycles. The number of rotatable bonds is 11. The van der Waals surface area contributed by atoms with E-state index in [2.05, 4.69) is 36.3 Å². The van der Waals surface area contributed by atoms with E-state index in [1.165, 1.54) is 38.5 Å². The van der Waals surface area contributed by atoms with Gasteiger partial charge in [-0.1, -0.05) is 51.5 Å². The summed E-state index contributed by atoms with van der Waals surface area (Å²) in [6.45, 7) is 6.41. The van der Waals surface area contributed by atoms with Crippen LogP contribution >= 0.6 is 0 Å². The molecule has 1 heterocycles. The Morgan fingerprint density at radius 3 is 2.65 bits per heavy atom. The Kier molecular flexibility index (Phi) is 9.77. The van der Waals surface area contributed by atoms with Gasteiger partial charge in [0.05, 0.1) is 12.3 Å². The van der Waals surface area contributed by atoms with Crippen LogP contribution in [-0.4, -0.2) is 35.4 Å². The molecule has 0 fully saturated rings. The van der Waals surface area contributed by atoms with Gasteiger partial charge in [-0.2, -0.15) is 0 Å². The van der Waals surface area contributed by atoms with Crippen molar-refractivity contribution in [1.82, 2.24) is 10.2 Å². The first kappa shape index (κ1) is 17.5. The largest absolute Gasteiger partial charge is 0.393 e. The number of unbranched alkanes of at least 4 members (excludes halogenated alkanes) is 5. The summed E-state index contributed by atoms with van der Waals surface area (Å²) >= 11 is 0. The normalized spacial score (nSPS) is 20.4. The van der Waals surface area contributed by atoms with E-state index in [-0.39, 0.29) is 6.10 Å². The summed E-state index contributed by atoms with van der Waals surface area (Å²) in [6.07, 6.45) is 15.4. The molecule has 118 valence electrons. The van der Waals surface area contributed by atoms with Crippen LogP contribution in [0, 0.1) is 0 Å². The van der Waals surface area contributed by atoms with Gasteiger partial charge in [-0.15, -0.1) is 0 Å². The zero-order chi connectivity index (χ0) is 14.6. The van der Waals surface area contributed by atoms with E-state index in [4.69, 9.17) is 0 Å². The van der Waals surface area contributed by atoms with Crippen LogP contribution in [0.5, 0.6) is 0 Å². The Hall–Kier alpha value is -0.540. The third-order valence-electron chi connectivity index (χ3n) is 4.20. The molecule has 1 aliphatic rings. The predicted octanol–water partition coefficient (Wildman–Crippen LogP) is 3.64. The molecule has 0 spiro atoms. The SMILES string of the molecule is CCCCCCCCC(O)CCC1NCC=CN1CC. The molecule has 3 heteroatoms. The first-order valence-corrected chi connectivity index (χ1v) is 8.61. The zero-order valence-corrected chi connectivity index (χ0v) is 13.5. The van der Waals surface area contributed by atoms with Gasteiger partial charge in [-0.05, 0) is 32.4 Å². The second kappa shape index (κ2) is 11.2. The summed E-state index contributed by atoms with van der Waals surface area (Å²) in [6, 6.07) is 0.